The first-order chi connectivity index (χ1) is 7.72. The standard InChI is InChI=1S/C10H10N2O4/c1-15-10-6-8(11-16-10)7-4-2-3-5-9(7)12(13)14/h2-5,10H,6H2,1H3. The highest BCUT2D eigenvalue weighted by molar-refractivity contribution is 6.04. The van der Waals surface area contributed by atoms with E-state index in [1.165, 1.54) is 13.2 Å². The molecule has 0 aliphatic carbocycles. The monoisotopic (exact) mass is 222 g/mol. The molecule has 16 heavy (non-hydrogen) atoms. The van der Waals surface area contributed by atoms with E-state index in [2.05, 4.69) is 5.16 Å². The quantitative estimate of drug-likeness (QED) is 0.576. The van der Waals surface area contributed by atoms with Crippen molar-refractivity contribution in [3.63, 3.8) is 0 Å². The van der Waals surface area contributed by atoms with E-state index in [1.807, 2.05) is 0 Å². The van der Waals surface area contributed by atoms with E-state index in [-0.39, 0.29) is 5.69 Å². The van der Waals surface area contributed by atoms with Crippen molar-refractivity contribution in [2.24, 2.45) is 5.16 Å². The van der Waals surface area contributed by atoms with Gasteiger partial charge < -0.3 is 9.57 Å². The maximum atomic E-state index is 10.8. The summed E-state index contributed by atoms with van der Waals surface area (Å²) in [5.41, 5.74) is 1.05. The molecular formula is C10H10N2O4. The Bertz CT molecular complexity index is 444. The second-order valence-electron chi connectivity index (χ2n) is 3.29. The highest BCUT2D eigenvalue weighted by atomic mass is 16.8. The Morgan fingerprint density at radius 1 is 1.56 bits per heavy atom. The molecule has 6 nitrogen and oxygen atoms in total. The van der Waals surface area contributed by atoms with Gasteiger partial charge in [0.2, 0.25) is 6.29 Å². The molecule has 1 aromatic carbocycles. The Morgan fingerprint density at radius 3 is 2.94 bits per heavy atom. The average Bonchev–Trinajstić information content (AvgIpc) is 2.77. The zero-order chi connectivity index (χ0) is 11.5. The first-order valence-electron chi connectivity index (χ1n) is 4.71. The molecule has 6 heteroatoms. The molecule has 0 bridgehead atoms. The number of oxime groups is 1. The summed E-state index contributed by atoms with van der Waals surface area (Å²) in [6.45, 7) is 0. The molecule has 1 aromatic rings. The number of hydrogen-bond acceptors (Lipinski definition) is 5. The molecule has 0 N–H and O–H groups in total. The second kappa shape index (κ2) is 4.28. The van der Waals surface area contributed by atoms with Gasteiger partial charge in [-0.3, -0.25) is 10.1 Å². The topological polar surface area (TPSA) is 74.0 Å². The lowest BCUT2D eigenvalue weighted by atomic mass is 10.1. The van der Waals surface area contributed by atoms with Crippen LogP contribution < -0.4 is 0 Å². The summed E-state index contributed by atoms with van der Waals surface area (Å²) < 4.78 is 4.96. The van der Waals surface area contributed by atoms with Crippen molar-refractivity contribution in [2.75, 3.05) is 7.11 Å². The van der Waals surface area contributed by atoms with E-state index in [9.17, 15) is 10.1 Å². The molecule has 0 fully saturated rings. The fourth-order valence-corrected chi connectivity index (χ4v) is 1.52. The van der Waals surface area contributed by atoms with Crippen LogP contribution >= 0.6 is 0 Å². The number of nitro benzene ring substituents is 1. The van der Waals surface area contributed by atoms with Crippen molar-refractivity contribution in [1.29, 1.82) is 0 Å². The van der Waals surface area contributed by atoms with E-state index < -0.39 is 11.2 Å². The molecule has 1 unspecified atom stereocenters. The molecule has 0 aromatic heterocycles. The highest BCUT2D eigenvalue weighted by Gasteiger charge is 2.26. The van der Waals surface area contributed by atoms with Gasteiger partial charge in [0.05, 0.1) is 16.9 Å². The summed E-state index contributed by atoms with van der Waals surface area (Å²) in [5.74, 6) is 0. The predicted octanol–water partition coefficient (Wildman–Crippen LogP) is 1.69. The van der Waals surface area contributed by atoms with Crippen molar-refractivity contribution < 1.29 is 14.5 Å². The molecule has 0 amide bonds. The van der Waals surface area contributed by atoms with Crippen molar-refractivity contribution in [3.8, 4) is 0 Å². The molecule has 0 spiro atoms. The van der Waals surface area contributed by atoms with Gasteiger partial charge in [0.25, 0.3) is 5.69 Å². The van der Waals surface area contributed by atoms with E-state index in [4.69, 9.17) is 9.57 Å². The highest BCUT2D eigenvalue weighted by Crippen LogP contribution is 2.24. The number of benzene rings is 1. The van der Waals surface area contributed by atoms with Crippen molar-refractivity contribution in [3.05, 3.63) is 39.9 Å². The Kier molecular flexibility index (Phi) is 2.82. The van der Waals surface area contributed by atoms with E-state index in [0.29, 0.717) is 17.7 Å². The summed E-state index contributed by atoms with van der Waals surface area (Å²) in [7, 11) is 1.50. The van der Waals surface area contributed by atoms with Gasteiger partial charge in [0.1, 0.15) is 5.71 Å². The lowest BCUT2D eigenvalue weighted by Gasteiger charge is -2.03. The van der Waals surface area contributed by atoms with Gasteiger partial charge in [0.15, 0.2) is 0 Å². The first kappa shape index (κ1) is 10.6. The molecule has 2 rings (SSSR count). The Hall–Kier alpha value is -1.95. The maximum Gasteiger partial charge on any atom is 0.278 e. The van der Waals surface area contributed by atoms with Gasteiger partial charge in [0, 0.05) is 13.2 Å². The summed E-state index contributed by atoms with van der Waals surface area (Å²) in [5, 5.41) is 14.6. The molecular weight excluding hydrogens is 212 g/mol. The van der Waals surface area contributed by atoms with E-state index in [1.54, 1.807) is 18.2 Å². The minimum atomic E-state index is -0.449. The fraction of sp³-hybridized carbons (Fsp3) is 0.300. The number of rotatable bonds is 3. The second-order valence-corrected chi connectivity index (χ2v) is 3.29. The first-order valence-corrected chi connectivity index (χ1v) is 4.71. The van der Waals surface area contributed by atoms with Crippen LogP contribution in [0.4, 0.5) is 5.69 Å². The molecule has 1 heterocycles. The zero-order valence-electron chi connectivity index (χ0n) is 8.62. The zero-order valence-corrected chi connectivity index (χ0v) is 8.62. The number of nitro groups is 1. The minimum Gasteiger partial charge on any atom is -0.363 e. The fourth-order valence-electron chi connectivity index (χ4n) is 1.52. The molecule has 0 radical (unpaired) electrons. The van der Waals surface area contributed by atoms with Crippen LogP contribution in [0.1, 0.15) is 12.0 Å². The molecule has 1 aliphatic heterocycles. The minimum absolute atomic E-state index is 0.0293. The lowest BCUT2D eigenvalue weighted by molar-refractivity contribution is -0.385. The van der Waals surface area contributed by atoms with Gasteiger partial charge in [-0.2, -0.15) is 0 Å². The van der Waals surface area contributed by atoms with Crippen LogP contribution in [0.3, 0.4) is 0 Å². The van der Waals surface area contributed by atoms with Gasteiger partial charge in [-0.1, -0.05) is 17.3 Å². The number of hydrogen-bond donors (Lipinski definition) is 0. The van der Waals surface area contributed by atoms with Crippen molar-refractivity contribution in [1.82, 2.24) is 0 Å². The van der Waals surface area contributed by atoms with Crippen molar-refractivity contribution in [2.45, 2.75) is 12.7 Å². The Labute approximate surface area is 91.6 Å². The third-order valence-corrected chi connectivity index (χ3v) is 2.32. The van der Waals surface area contributed by atoms with Crippen LogP contribution in [-0.2, 0) is 9.57 Å². The summed E-state index contributed by atoms with van der Waals surface area (Å²) >= 11 is 0. The van der Waals surface area contributed by atoms with E-state index >= 15 is 0 Å². The van der Waals surface area contributed by atoms with Gasteiger partial charge >= 0.3 is 0 Å². The van der Waals surface area contributed by atoms with Crippen LogP contribution in [0.15, 0.2) is 29.4 Å². The summed E-state index contributed by atoms with van der Waals surface area (Å²) in [4.78, 5) is 15.3. The molecule has 84 valence electrons. The van der Waals surface area contributed by atoms with Crippen LogP contribution in [0.2, 0.25) is 0 Å². The number of ether oxygens (including phenoxy) is 1. The maximum absolute atomic E-state index is 10.8. The largest absolute Gasteiger partial charge is 0.363 e. The lowest BCUT2D eigenvalue weighted by Crippen LogP contribution is -2.11. The smallest absolute Gasteiger partial charge is 0.278 e. The van der Waals surface area contributed by atoms with Crippen molar-refractivity contribution >= 4 is 11.4 Å². The average molecular weight is 222 g/mol. The van der Waals surface area contributed by atoms with Gasteiger partial charge in [-0.05, 0) is 6.07 Å². The summed E-state index contributed by atoms with van der Waals surface area (Å²) in [6.07, 6.45) is -0.0312. The van der Waals surface area contributed by atoms with Crippen LogP contribution in [0.25, 0.3) is 0 Å². The number of nitrogens with zero attached hydrogens (tertiary/aromatic N) is 2. The van der Waals surface area contributed by atoms with Crippen LogP contribution in [0.5, 0.6) is 0 Å². The molecule has 0 saturated carbocycles. The van der Waals surface area contributed by atoms with Crippen LogP contribution in [-0.4, -0.2) is 24.0 Å². The molecule has 1 atom stereocenters. The number of para-hydroxylation sites is 1. The molecule has 1 aliphatic rings. The Balaban J connectivity index is 2.31. The predicted molar refractivity (Wildman–Crippen MR) is 56.1 cm³/mol. The normalized spacial score (nSPS) is 19.1. The number of methoxy groups -OCH3 is 1. The SMILES string of the molecule is COC1CC(c2ccccc2[N+](=O)[O-])=NO1. The summed E-state index contributed by atoms with van der Waals surface area (Å²) in [6, 6.07) is 6.44. The van der Waals surface area contributed by atoms with Gasteiger partial charge in [-0.15, -0.1) is 0 Å². The third-order valence-electron chi connectivity index (χ3n) is 2.32. The molecule has 0 saturated heterocycles. The van der Waals surface area contributed by atoms with Gasteiger partial charge in [-0.25, -0.2) is 0 Å². The van der Waals surface area contributed by atoms with E-state index in [0.717, 1.165) is 0 Å². The Morgan fingerprint density at radius 2 is 2.31 bits per heavy atom. The van der Waals surface area contributed by atoms with Crippen LogP contribution in [0, 0.1) is 10.1 Å². The third kappa shape index (κ3) is 1.87.